The Hall–Kier alpha value is -2.94. The Bertz CT molecular complexity index is 882. The van der Waals surface area contributed by atoms with E-state index >= 15 is 0 Å². The largest absolute Gasteiger partial charge is 0.497 e. The fraction of sp³-hybridized carbons (Fsp3) is 0.0526. The third-order valence-electron chi connectivity index (χ3n) is 4.01. The maximum atomic E-state index is 12.7. The molecular formula is C19H13NO2. The number of benzene rings is 2. The number of hydrogen-bond donors (Lipinski definition) is 0. The number of aromatic nitrogens is 1. The smallest absolute Gasteiger partial charge is 0.196 e. The minimum atomic E-state index is 0.0459. The van der Waals surface area contributed by atoms with Gasteiger partial charge >= 0.3 is 0 Å². The first-order valence-electron chi connectivity index (χ1n) is 7.07. The molecule has 0 spiro atoms. The van der Waals surface area contributed by atoms with Gasteiger partial charge in [-0.1, -0.05) is 36.4 Å². The normalized spacial score (nSPS) is 12.0. The summed E-state index contributed by atoms with van der Waals surface area (Å²) < 4.78 is 5.19. The van der Waals surface area contributed by atoms with E-state index in [1.807, 2.05) is 54.6 Å². The van der Waals surface area contributed by atoms with Crippen LogP contribution in [-0.4, -0.2) is 17.9 Å². The van der Waals surface area contributed by atoms with Gasteiger partial charge in [0.2, 0.25) is 0 Å². The molecule has 3 nitrogen and oxygen atoms in total. The predicted octanol–water partition coefficient (Wildman–Crippen LogP) is 3.97. The fourth-order valence-electron chi connectivity index (χ4n) is 2.93. The third-order valence-corrected chi connectivity index (χ3v) is 4.01. The summed E-state index contributed by atoms with van der Waals surface area (Å²) in [5.74, 6) is 0.841. The highest BCUT2D eigenvalue weighted by Crippen LogP contribution is 2.40. The van der Waals surface area contributed by atoms with Crippen molar-refractivity contribution in [2.45, 2.75) is 0 Å². The standard InChI is InChI=1S/C19H13NO2/c1-22-13-8-6-12(7-9-13)14-10-11-20-18-15-4-2-3-5-16(15)19(21)17(14)18/h2-11H,1H3. The second-order valence-corrected chi connectivity index (χ2v) is 5.19. The molecule has 3 heteroatoms. The number of rotatable bonds is 2. The van der Waals surface area contributed by atoms with Crippen LogP contribution < -0.4 is 4.74 Å². The molecule has 1 aliphatic carbocycles. The zero-order valence-corrected chi connectivity index (χ0v) is 12.0. The summed E-state index contributed by atoms with van der Waals surface area (Å²) in [6.45, 7) is 0. The van der Waals surface area contributed by atoms with Gasteiger partial charge in [-0.05, 0) is 29.3 Å². The van der Waals surface area contributed by atoms with Gasteiger partial charge in [0, 0.05) is 17.3 Å². The second kappa shape index (κ2) is 4.81. The quantitative estimate of drug-likeness (QED) is 0.560. The van der Waals surface area contributed by atoms with E-state index in [1.54, 1.807) is 13.3 Å². The molecule has 0 N–H and O–H groups in total. The molecule has 0 unspecified atom stereocenters. The van der Waals surface area contributed by atoms with Crippen LogP contribution in [-0.2, 0) is 0 Å². The molecular weight excluding hydrogens is 274 g/mol. The van der Waals surface area contributed by atoms with Gasteiger partial charge in [-0.2, -0.15) is 0 Å². The lowest BCUT2D eigenvalue weighted by Gasteiger charge is -2.08. The number of pyridine rings is 1. The third kappa shape index (κ3) is 1.76. The van der Waals surface area contributed by atoms with Crippen LogP contribution in [0.5, 0.6) is 5.75 Å². The van der Waals surface area contributed by atoms with Crippen LogP contribution in [0.2, 0.25) is 0 Å². The van der Waals surface area contributed by atoms with E-state index in [0.717, 1.165) is 33.7 Å². The number of carbonyl (C=O) groups excluding carboxylic acids is 1. The highest BCUT2D eigenvalue weighted by Gasteiger charge is 2.30. The minimum absolute atomic E-state index is 0.0459. The monoisotopic (exact) mass is 287 g/mol. The van der Waals surface area contributed by atoms with Crippen molar-refractivity contribution in [2.75, 3.05) is 7.11 Å². The van der Waals surface area contributed by atoms with E-state index in [1.165, 1.54) is 0 Å². The summed E-state index contributed by atoms with van der Waals surface area (Å²) in [7, 11) is 1.64. The number of nitrogens with zero attached hydrogens (tertiary/aromatic N) is 1. The van der Waals surface area contributed by atoms with Gasteiger partial charge in [-0.25, -0.2) is 0 Å². The number of carbonyl (C=O) groups is 1. The molecule has 22 heavy (non-hydrogen) atoms. The van der Waals surface area contributed by atoms with Crippen molar-refractivity contribution >= 4 is 5.78 Å². The predicted molar refractivity (Wildman–Crippen MR) is 85.1 cm³/mol. The van der Waals surface area contributed by atoms with Crippen molar-refractivity contribution in [3.63, 3.8) is 0 Å². The lowest BCUT2D eigenvalue weighted by molar-refractivity contribution is 0.104. The summed E-state index contributed by atoms with van der Waals surface area (Å²) in [5, 5.41) is 0. The number of hydrogen-bond acceptors (Lipinski definition) is 3. The Balaban J connectivity index is 1.92. The minimum Gasteiger partial charge on any atom is -0.497 e. The van der Waals surface area contributed by atoms with Gasteiger partial charge in [0.1, 0.15) is 5.75 Å². The molecule has 0 bridgehead atoms. The molecule has 106 valence electrons. The Labute approximate surface area is 128 Å². The zero-order chi connectivity index (χ0) is 15.1. The lowest BCUT2D eigenvalue weighted by Crippen LogP contribution is -1.99. The van der Waals surface area contributed by atoms with Gasteiger partial charge < -0.3 is 4.74 Å². The van der Waals surface area contributed by atoms with E-state index in [4.69, 9.17) is 4.74 Å². The molecule has 0 fully saturated rings. The van der Waals surface area contributed by atoms with Gasteiger partial charge in [0.15, 0.2) is 5.78 Å². The molecule has 4 rings (SSSR count). The van der Waals surface area contributed by atoms with Gasteiger partial charge in [0.25, 0.3) is 0 Å². The van der Waals surface area contributed by atoms with Crippen LogP contribution in [0.3, 0.4) is 0 Å². The average Bonchev–Trinajstić information content (AvgIpc) is 2.89. The summed E-state index contributed by atoms with van der Waals surface area (Å²) in [5.41, 5.74) is 5.00. The molecule has 3 aromatic rings. The number of ether oxygens (including phenoxy) is 1. The van der Waals surface area contributed by atoms with Gasteiger partial charge in [0.05, 0.1) is 18.4 Å². The first-order valence-corrected chi connectivity index (χ1v) is 7.07. The Kier molecular flexibility index (Phi) is 2.79. The van der Waals surface area contributed by atoms with Gasteiger partial charge in [-0.3, -0.25) is 9.78 Å². The van der Waals surface area contributed by atoms with Crippen LogP contribution in [0, 0.1) is 0 Å². The summed E-state index contributed by atoms with van der Waals surface area (Å²) in [6, 6.07) is 17.2. The fourth-order valence-corrected chi connectivity index (χ4v) is 2.93. The van der Waals surface area contributed by atoms with E-state index in [-0.39, 0.29) is 5.78 Å². The summed E-state index contributed by atoms with van der Waals surface area (Å²) >= 11 is 0. The van der Waals surface area contributed by atoms with Crippen LogP contribution in [0.25, 0.3) is 22.4 Å². The van der Waals surface area contributed by atoms with E-state index in [0.29, 0.717) is 5.56 Å². The maximum absolute atomic E-state index is 12.7. The van der Waals surface area contributed by atoms with Crippen molar-refractivity contribution < 1.29 is 9.53 Å². The molecule has 0 saturated heterocycles. The van der Waals surface area contributed by atoms with Crippen molar-refractivity contribution in [3.8, 4) is 28.1 Å². The summed E-state index contributed by atoms with van der Waals surface area (Å²) in [6.07, 6.45) is 1.76. The molecule has 1 aromatic heterocycles. The SMILES string of the molecule is COc1ccc(-c2ccnc3c2C(=O)c2ccccc2-3)cc1. The van der Waals surface area contributed by atoms with E-state index in [9.17, 15) is 4.79 Å². The number of fused-ring (bicyclic) bond motifs is 3. The number of ketones is 1. The second-order valence-electron chi connectivity index (χ2n) is 5.19. The molecule has 0 saturated carbocycles. The first-order chi connectivity index (χ1) is 10.8. The van der Waals surface area contributed by atoms with Crippen molar-refractivity contribution in [2.24, 2.45) is 0 Å². The molecule has 0 amide bonds. The van der Waals surface area contributed by atoms with Crippen LogP contribution in [0.1, 0.15) is 15.9 Å². The summed E-state index contributed by atoms with van der Waals surface area (Å²) in [4.78, 5) is 17.2. The van der Waals surface area contributed by atoms with Crippen molar-refractivity contribution in [1.29, 1.82) is 0 Å². The number of methoxy groups -OCH3 is 1. The highest BCUT2D eigenvalue weighted by molar-refractivity contribution is 6.23. The molecule has 1 heterocycles. The molecule has 0 radical (unpaired) electrons. The zero-order valence-electron chi connectivity index (χ0n) is 12.0. The Morgan fingerprint density at radius 2 is 1.59 bits per heavy atom. The molecule has 0 atom stereocenters. The Morgan fingerprint density at radius 1 is 0.864 bits per heavy atom. The molecule has 1 aliphatic rings. The van der Waals surface area contributed by atoms with E-state index < -0.39 is 0 Å². The van der Waals surface area contributed by atoms with E-state index in [2.05, 4.69) is 4.98 Å². The maximum Gasteiger partial charge on any atom is 0.196 e. The topological polar surface area (TPSA) is 39.2 Å². The Morgan fingerprint density at radius 3 is 2.32 bits per heavy atom. The van der Waals surface area contributed by atoms with Gasteiger partial charge in [-0.15, -0.1) is 0 Å². The van der Waals surface area contributed by atoms with Crippen molar-refractivity contribution in [3.05, 3.63) is 71.9 Å². The van der Waals surface area contributed by atoms with Crippen LogP contribution in [0.4, 0.5) is 0 Å². The highest BCUT2D eigenvalue weighted by atomic mass is 16.5. The first kappa shape index (κ1) is 12.8. The van der Waals surface area contributed by atoms with Crippen molar-refractivity contribution in [1.82, 2.24) is 4.98 Å². The van der Waals surface area contributed by atoms with Crippen LogP contribution >= 0.6 is 0 Å². The average molecular weight is 287 g/mol. The molecule has 2 aromatic carbocycles. The molecule has 0 aliphatic heterocycles. The van der Waals surface area contributed by atoms with Crippen LogP contribution in [0.15, 0.2) is 60.8 Å². The lowest BCUT2D eigenvalue weighted by atomic mass is 9.98.